The van der Waals surface area contributed by atoms with Crippen LogP contribution in [0.1, 0.15) is 59.9 Å². The highest BCUT2D eigenvalue weighted by molar-refractivity contribution is 6.12. The van der Waals surface area contributed by atoms with Crippen molar-refractivity contribution in [3.05, 3.63) is 34.9 Å². The molecule has 0 fully saturated rings. The van der Waals surface area contributed by atoms with E-state index in [0.717, 1.165) is 13.8 Å². The van der Waals surface area contributed by atoms with Crippen LogP contribution in [0, 0.1) is 6.92 Å². The normalized spacial score (nSPS) is 22.3. The topological polar surface area (TPSA) is 160 Å². The Morgan fingerprint density at radius 2 is 1.85 bits per heavy atom. The van der Waals surface area contributed by atoms with E-state index >= 15 is 0 Å². The Kier molecular flexibility index (Phi) is 8.04. The van der Waals surface area contributed by atoms with Crippen LogP contribution in [0.25, 0.3) is 0 Å². The zero-order valence-electron chi connectivity index (χ0n) is 18.5. The number of ketones is 1. The molecule has 1 aliphatic rings. The minimum Gasteiger partial charge on any atom is -0.462 e. The molecule has 1 heterocycles. The van der Waals surface area contributed by atoms with Crippen LogP contribution in [0.15, 0.2) is 18.2 Å². The molecule has 1 aromatic carbocycles. The molecule has 1 N–H and O–H groups in total. The number of hydrogen-bond acceptors (Lipinski definition) is 11. The van der Waals surface area contributed by atoms with E-state index in [4.69, 9.17) is 18.9 Å². The molecule has 0 spiro atoms. The second kappa shape index (κ2) is 10.3. The fraction of sp³-hybridized carbons (Fsp3) is 0.455. The lowest BCUT2D eigenvalue weighted by molar-refractivity contribution is -0.176. The number of hydrogen-bond donors (Lipinski definition) is 1. The number of carbonyl (C=O) groups excluding carboxylic acids is 6. The third-order valence-electron chi connectivity index (χ3n) is 4.95. The maximum absolute atomic E-state index is 13.5. The first-order chi connectivity index (χ1) is 15.4. The molecule has 0 radical (unpaired) electrons. The van der Waals surface area contributed by atoms with Crippen LogP contribution >= 0.6 is 0 Å². The summed E-state index contributed by atoms with van der Waals surface area (Å²) in [6, 6.07) is 4.13. The maximum Gasteiger partial charge on any atom is 0.346 e. The maximum atomic E-state index is 13.5. The molecule has 178 valence electrons. The monoisotopic (exact) mass is 464 g/mol. The summed E-state index contributed by atoms with van der Waals surface area (Å²) in [5.74, 6) is -6.40. The second-order valence-corrected chi connectivity index (χ2v) is 7.46. The third-order valence-corrected chi connectivity index (χ3v) is 4.95. The third kappa shape index (κ3) is 6.01. The smallest absolute Gasteiger partial charge is 0.346 e. The van der Waals surface area contributed by atoms with Crippen LogP contribution in [-0.2, 0) is 38.1 Å². The van der Waals surface area contributed by atoms with Gasteiger partial charge in [-0.15, -0.1) is 0 Å². The molecule has 1 aromatic rings. The molecule has 2 rings (SSSR count). The predicted octanol–water partition coefficient (Wildman–Crippen LogP) is 0.813. The number of fused-ring (bicyclic) bond motifs is 1. The molecule has 1 aliphatic heterocycles. The van der Waals surface area contributed by atoms with Gasteiger partial charge in [-0.2, -0.15) is 0 Å². The number of benzene rings is 1. The summed E-state index contributed by atoms with van der Waals surface area (Å²) in [5, 5.41) is 10.6. The lowest BCUT2D eigenvalue weighted by atomic mass is 9.93. The number of aliphatic hydroxyl groups is 1. The van der Waals surface area contributed by atoms with E-state index in [9.17, 15) is 33.9 Å². The average molecular weight is 464 g/mol. The lowest BCUT2D eigenvalue weighted by Gasteiger charge is -2.27. The van der Waals surface area contributed by atoms with Gasteiger partial charge in [0.25, 0.3) is 0 Å². The van der Waals surface area contributed by atoms with E-state index in [-0.39, 0.29) is 23.1 Å². The van der Waals surface area contributed by atoms with Crippen molar-refractivity contribution in [2.45, 2.75) is 58.3 Å². The number of aryl methyl sites for hydroxylation is 1. The van der Waals surface area contributed by atoms with Gasteiger partial charge in [0.2, 0.25) is 11.9 Å². The molecule has 0 amide bonds. The number of carbonyl (C=O) groups is 6. The van der Waals surface area contributed by atoms with E-state index in [1.54, 1.807) is 0 Å². The van der Waals surface area contributed by atoms with E-state index in [0.29, 0.717) is 0 Å². The van der Waals surface area contributed by atoms with Crippen molar-refractivity contribution in [3.8, 4) is 0 Å². The first-order valence-corrected chi connectivity index (χ1v) is 10.0. The molecule has 0 saturated carbocycles. The van der Waals surface area contributed by atoms with Crippen LogP contribution < -0.4 is 0 Å². The highest BCUT2D eigenvalue weighted by Crippen LogP contribution is 2.26. The molecule has 33 heavy (non-hydrogen) atoms. The molecular weight excluding hydrogens is 440 g/mol. The molecule has 0 aliphatic carbocycles. The van der Waals surface area contributed by atoms with Crippen LogP contribution in [0.5, 0.6) is 0 Å². The summed E-state index contributed by atoms with van der Waals surface area (Å²) in [6.07, 6.45) is -4.69. The molecule has 0 saturated heterocycles. The van der Waals surface area contributed by atoms with E-state index < -0.39 is 66.5 Å². The van der Waals surface area contributed by atoms with Crippen molar-refractivity contribution < 1.29 is 52.8 Å². The Morgan fingerprint density at radius 1 is 1.18 bits per heavy atom. The van der Waals surface area contributed by atoms with Crippen molar-refractivity contribution >= 4 is 35.6 Å². The average Bonchev–Trinajstić information content (AvgIpc) is 2.74. The Balaban J connectivity index is 2.68. The Labute approximate surface area is 188 Å². The predicted molar refractivity (Wildman–Crippen MR) is 108 cm³/mol. The molecule has 11 nitrogen and oxygen atoms in total. The van der Waals surface area contributed by atoms with Crippen LogP contribution in [-0.4, -0.2) is 65.2 Å². The van der Waals surface area contributed by atoms with Gasteiger partial charge in [0.05, 0.1) is 12.0 Å². The van der Waals surface area contributed by atoms with Gasteiger partial charge in [-0.05, 0) is 25.0 Å². The Hall–Kier alpha value is -3.60. The Morgan fingerprint density at radius 3 is 2.42 bits per heavy atom. The quantitative estimate of drug-likeness (QED) is 0.373. The highest BCUT2D eigenvalue weighted by atomic mass is 16.6. The molecular formula is C22H24O11. The summed E-state index contributed by atoms with van der Waals surface area (Å²) in [4.78, 5) is 74.2. The molecule has 0 bridgehead atoms. The van der Waals surface area contributed by atoms with Crippen molar-refractivity contribution in [2.75, 3.05) is 6.61 Å². The summed E-state index contributed by atoms with van der Waals surface area (Å²) < 4.78 is 19.9. The highest BCUT2D eigenvalue weighted by Gasteiger charge is 2.45. The zero-order chi connectivity index (χ0) is 24.9. The first kappa shape index (κ1) is 25.7. The van der Waals surface area contributed by atoms with Crippen molar-refractivity contribution in [1.29, 1.82) is 0 Å². The molecule has 3 atom stereocenters. The number of Topliss-reactive ketones (excluding diaryl/α,β-unsaturated/α-hetero) is 1. The van der Waals surface area contributed by atoms with Crippen LogP contribution in [0.4, 0.5) is 0 Å². The standard InChI is InChI=1S/C22H24O11/c1-5-22(29)9-16(25)32-19(15(31-13(4)24)10-30-12(3)23)18(26)17-11(2)7-6-8-14(17)20(27)33-21(22)28/h6-8,15,19,29H,5,9-10H2,1-4H3. The van der Waals surface area contributed by atoms with Crippen molar-refractivity contribution in [2.24, 2.45) is 0 Å². The second-order valence-electron chi connectivity index (χ2n) is 7.46. The van der Waals surface area contributed by atoms with Gasteiger partial charge < -0.3 is 24.1 Å². The molecule has 0 aromatic heterocycles. The minimum atomic E-state index is -2.42. The Bertz CT molecular complexity index is 996. The van der Waals surface area contributed by atoms with Crippen molar-refractivity contribution in [1.82, 2.24) is 0 Å². The first-order valence-electron chi connectivity index (χ1n) is 10.0. The van der Waals surface area contributed by atoms with Gasteiger partial charge in [-0.1, -0.05) is 19.1 Å². The number of rotatable bonds is 5. The summed E-state index contributed by atoms with van der Waals surface area (Å²) in [6.45, 7) is 4.34. The minimum absolute atomic E-state index is 0.255. The fourth-order valence-corrected chi connectivity index (χ4v) is 3.20. The molecule has 11 heteroatoms. The van der Waals surface area contributed by atoms with Gasteiger partial charge in [0.1, 0.15) is 6.61 Å². The van der Waals surface area contributed by atoms with Gasteiger partial charge in [0.15, 0.2) is 11.7 Å². The summed E-state index contributed by atoms with van der Waals surface area (Å²) in [7, 11) is 0. The summed E-state index contributed by atoms with van der Waals surface area (Å²) >= 11 is 0. The largest absolute Gasteiger partial charge is 0.462 e. The van der Waals surface area contributed by atoms with Crippen LogP contribution in [0.2, 0.25) is 0 Å². The van der Waals surface area contributed by atoms with Gasteiger partial charge in [0, 0.05) is 19.4 Å². The van der Waals surface area contributed by atoms with Crippen molar-refractivity contribution in [3.63, 3.8) is 0 Å². The van der Waals surface area contributed by atoms with E-state index in [1.165, 1.54) is 32.0 Å². The van der Waals surface area contributed by atoms with Gasteiger partial charge >= 0.3 is 29.8 Å². The van der Waals surface area contributed by atoms with E-state index in [1.807, 2.05) is 0 Å². The van der Waals surface area contributed by atoms with E-state index in [2.05, 4.69) is 0 Å². The SMILES string of the molecule is CCC1(O)CC(=O)OC(C(COC(C)=O)OC(C)=O)C(=O)c2c(C)cccc2C(=O)OC1=O. The molecule has 3 unspecified atom stereocenters. The lowest BCUT2D eigenvalue weighted by Crippen LogP contribution is -2.46. The van der Waals surface area contributed by atoms with Gasteiger partial charge in [-0.3, -0.25) is 19.2 Å². The zero-order valence-corrected chi connectivity index (χ0v) is 18.5. The van der Waals surface area contributed by atoms with Crippen LogP contribution in [0.3, 0.4) is 0 Å². The number of cyclic esters (lactones) is 3. The van der Waals surface area contributed by atoms with Gasteiger partial charge in [-0.25, -0.2) is 9.59 Å². The number of esters is 5. The summed E-state index contributed by atoms with van der Waals surface area (Å²) in [5.41, 5.74) is -2.73. The number of ether oxygens (including phenoxy) is 4. The fourth-order valence-electron chi connectivity index (χ4n) is 3.20.